The largest absolute Gasteiger partial charge is 0.508 e. The molecular formula is C15H21NO5. The van der Waals surface area contributed by atoms with Crippen LogP contribution in [0.4, 0.5) is 4.79 Å². The zero-order valence-electron chi connectivity index (χ0n) is 12.9. The lowest BCUT2D eigenvalue weighted by atomic mass is 9.92. The van der Waals surface area contributed by atoms with Crippen molar-refractivity contribution in [2.24, 2.45) is 0 Å². The molecule has 0 bridgehead atoms. The Kier molecular flexibility index (Phi) is 4.83. The van der Waals surface area contributed by atoms with Gasteiger partial charge in [0.1, 0.15) is 11.4 Å². The molecule has 0 aliphatic heterocycles. The van der Waals surface area contributed by atoms with Crippen molar-refractivity contribution in [2.75, 3.05) is 7.11 Å². The molecule has 1 aromatic carbocycles. The number of methoxy groups -OCH3 is 1. The second-order valence-electron chi connectivity index (χ2n) is 5.79. The van der Waals surface area contributed by atoms with Gasteiger partial charge in [0.15, 0.2) is 5.54 Å². The first-order valence-corrected chi connectivity index (χ1v) is 6.47. The molecule has 2 N–H and O–H groups in total. The smallest absolute Gasteiger partial charge is 0.408 e. The highest BCUT2D eigenvalue weighted by Crippen LogP contribution is 2.25. The lowest BCUT2D eigenvalue weighted by Crippen LogP contribution is -2.51. The standard InChI is InChI=1S/C15H21NO5/c1-14(2,3)21-13(19)16-15(4,12(18)20-5)10-6-8-11(17)9-7-10/h6-9,17H,1-5H3,(H,16,19)/t15-/m0/s1. The van der Waals surface area contributed by atoms with Gasteiger partial charge in [-0.1, -0.05) is 12.1 Å². The van der Waals surface area contributed by atoms with Gasteiger partial charge in [0.05, 0.1) is 7.11 Å². The molecule has 0 aliphatic rings. The van der Waals surface area contributed by atoms with Crippen molar-refractivity contribution in [2.45, 2.75) is 38.8 Å². The highest BCUT2D eigenvalue weighted by molar-refractivity contribution is 5.86. The van der Waals surface area contributed by atoms with Gasteiger partial charge >= 0.3 is 12.1 Å². The van der Waals surface area contributed by atoms with E-state index in [9.17, 15) is 14.7 Å². The topological polar surface area (TPSA) is 84.9 Å². The first-order valence-electron chi connectivity index (χ1n) is 6.47. The second-order valence-corrected chi connectivity index (χ2v) is 5.79. The zero-order chi connectivity index (χ0) is 16.3. The molecule has 0 saturated heterocycles. The van der Waals surface area contributed by atoms with Crippen LogP contribution < -0.4 is 5.32 Å². The first-order chi connectivity index (χ1) is 9.58. The summed E-state index contributed by atoms with van der Waals surface area (Å²) in [5.41, 5.74) is -1.63. The number of esters is 1. The summed E-state index contributed by atoms with van der Waals surface area (Å²) >= 11 is 0. The predicted octanol–water partition coefficient (Wildman–Crippen LogP) is 2.31. The van der Waals surface area contributed by atoms with Gasteiger partial charge in [0.2, 0.25) is 0 Å². The molecule has 6 heteroatoms. The molecule has 0 spiro atoms. The minimum atomic E-state index is -1.41. The van der Waals surface area contributed by atoms with E-state index in [0.717, 1.165) is 0 Å². The summed E-state index contributed by atoms with van der Waals surface area (Å²) in [6, 6.07) is 5.91. The Bertz CT molecular complexity index is 518. The Morgan fingerprint density at radius 3 is 2.05 bits per heavy atom. The fourth-order valence-electron chi connectivity index (χ4n) is 1.75. The van der Waals surface area contributed by atoms with Crippen molar-refractivity contribution in [1.29, 1.82) is 0 Å². The molecule has 21 heavy (non-hydrogen) atoms. The minimum absolute atomic E-state index is 0.0585. The number of rotatable bonds is 3. The van der Waals surface area contributed by atoms with Crippen LogP contribution >= 0.6 is 0 Å². The van der Waals surface area contributed by atoms with Crippen LogP contribution in [0.2, 0.25) is 0 Å². The second kappa shape index (κ2) is 6.03. The van der Waals surface area contributed by atoms with Crippen molar-refractivity contribution in [3.63, 3.8) is 0 Å². The van der Waals surface area contributed by atoms with Crippen LogP contribution in [0.5, 0.6) is 5.75 Å². The number of alkyl carbamates (subject to hydrolysis) is 1. The van der Waals surface area contributed by atoms with Crippen LogP contribution in [0.1, 0.15) is 33.3 Å². The molecule has 1 aromatic rings. The maximum absolute atomic E-state index is 12.1. The Labute approximate surface area is 124 Å². The van der Waals surface area contributed by atoms with Crippen molar-refractivity contribution in [1.82, 2.24) is 5.32 Å². The fraction of sp³-hybridized carbons (Fsp3) is 0.467. The summed E-state index contributed by atoms with van der Waals surface area (Å²) in [4.78, 5) is 24.0. The molecule has 1 rings (SSSR count). The molecule has 0 radical (unpaired) electrons. The number of carbonyl (C=O) groups excluding carboxylic acids is 2. The third kappa shape index (κ3) is 4.37. The highest BCUT2D eigenvalue weighted by Gasteiger charge is 2.39. The minimum Gasteiger partial charge on any atom is -0.508 e. The summed E-state index contributed by atoms with van der Waals surface area (Å²) in [5.74, 6) is -0.581. The quantitative estimate of drug-likeness (QED) is 0.836. The molecule has 0 fully saturated rings. The van der Waals surface area contributed by atoms with Gasteiger partial charge in [-0.3, -0.25) is 0 Å². The normalized spacial score (nSPS) is 14.0. The molecule has 1 atom stereocenters. The predicted molar refractivity (Wildman–Crippen MR) is 76.8 cm³/mol. The summed E-state index contributed by atoms with van der Waals surface area (Å²) in [5, 5.41) is 11.8. The van der Waals surface area contributed by atoms with Gasteiger partial charge in [-0.05, 0) is 45.4 Å². The van der Waals surface area contributed by atoms with Crippen LogP contribution in [0.3, 0.4) is 0 Å². The number of aromatic hydroxyl groups is 1. The molecule has 116 valence electrons. The van der Waals surface area contributed by atoms with Crippen LogP contribution in [-0.4, -0.2) is 29.9 Å². The first kappa shape index (κ1) is 16.8. The molecule has 0 unspecified atom stereocenters. The molecule has 1 amide bonds. The van der Waals surface area contributed by atoms with E-state index in [2.05, 4.69) is 5.32 Å². The number of hydrogen-bond acceptors (Lipinski definition) is 5. The average Bonchev–Trinajstić information content (AvgIpc) is 2.35. The van der Waals surface area contributed by atoms with E-state index in [0.29, 0.717) is 5.56 Å². The van der Waals surface area contributed by atoms with E-state index < -0.39 is 23.2 Å². The number of benzene rings is 1. The molecule has 0 aromatic heterocycles. The lowest BCUT2D eigenvalue weighted by molar-refractivity contribution is -0.148. The Balaban J connectivity index is 3.08. The Hall–Kier alpha value is -2.24. The maximum atomic E-state index is 12.1. The van der Waals surface area contributed by atoms with E-state index >= 15 is 0 Å². The number of nitrogens with one attached hydrogen (secondary N) is 1. The van der Waals surface area contributed by atoms with Gasteiger partial charge in [-0.15, -0.1) is 0 Å². The molecule has 0 aliphatic carbocycles. The number of hydrogen-bond donors (Lipinski definition) is 2. The van der Waals surface area contributed by atoms with Gasteiger partial charge in [-0.25, -0.2) is 9.59 Å². The van der Waals surface area contributed by atoms with Crippen LogP contribution in [0, 0.1) is 0 Å². The zero-order valence-corrected chi connectivity index (χ0v) is 12.9. The van der Waals surface area contributed by atoms with Gasteiger partial charge in [-0.2, -0.15) is 0 Å². The highest BCUT2D eigenvalue weighted by atomic mass is 16.6. The van der Waals surface area contributed by atoms with E-state index in [1.54, 1.807) is 20.8 Å². The van der Waals surface area contributed by atoms with Gasteiger partial charge in [0, 0.05) is 0 Å². The van der Waals surface area contributed by atoms with Gasteiger partial charge < -0.3 is 19.9 Å². The van der Waals surface area contributed by atoms with E-state index in [1.807, 2.05) is 0 Å². The molecule has 0 saturated carbocycles. The van der Waals surface area contributed by atoms with Crippen molar-refractivity contribution in [3.8, 4) is 5.75 Å². The summed E-state index contributed by atoms with van der Waals surface area (Å²) in [7, 11) is 1.23. The number of amides is 1. The van der Waals surface area contributed by atoms with Crippen LogP contribution in [0.25, 0.3) is 0 Å². The number of carbonyl (C=O) groups is 2. The molecule has 6 nitrogen and oxygen atoms in total. The van der Waals surface area contributed by atoms with Crippen molar-refractivity contribution in [3.05, 3.63) is 29.8 Å². The lowest BCUT2D eigenvalue weighted by Gasteiger charge is -2.30. The van der Waals surface area contributed by atoms with E-state index in [4.69, 9.17) is 9.47 Å². The number of phenolic OH excluding ortho intramolecular Hbond substituents is 1. The third-order valence-electron chi connectivity index (χ3n) is 2.79. The third-order valence-corrected chi connectivity index (χ3v) is 2.79. The van der Waals surface area contributed by atoms with Crippen molar-refractivity contribution >= 4 is 12.1 Å². The molecular weight excluding hydrogens is 274 g/mol. The van der Waals surface area contributed by atoms with Crippen molar-refractivity contribution < 1.29 is 24.2 Å². The van der Waals surface area contributed by atoms with Crippen LogP contribution in [-0.2, 0) is 19.8 Å². The Morgan fingerprint density at radius 2 is 1.62 bits per heavy atom. The average molecular weight is 295 g/mol. The summed E-state index contributed by atoms with van der Waals surface area (Å²) < 4.78 is 9.93. The summed E-state index contributed by atoms with van der Waals surface area (Å²) in [6.07, 6.45) is -0.733. The van der Waals surface area contributed by atoms with E-state index in [1.165, 1.54) is 38.3 Å². The summed E-state index contributed by atoms with van der Waals surface area (Å²) in [6.45, 7) is 6.68. The van der Waals surface area contributed by atoms with Crippen LogP contribution in [0.15, 0.2) is 24.3 Å². The molecule has 0 heterocycles. The maximum Gasteiger partial charge on any atom is 0.408 e. The monoisotopic (exact) mass is 295 g/mol. The fourth-order valence-corrected chi connectivity index (χ4v) is 1.75. The number of phenols is 1. The number of ether oxygens (including phenoxy) is 2. The SMILES string of the molecule is COC(=O)[C@@](C)(NC(=O)OC(C)(C)C)c1ccc(O)cc1. The Morgan fingerprint density at radius 1 is 1.10 bits per heavy atom. The van der Waals surface area contributed by atoms with E-state index in [-0.39, 0.29) is 5.75 Å². The van der Waals surface area contributed by atoms with Gasteiger partial charge in [0.25, 0.3) is 0 Å².